The van der Waals surface area contributed by atoms with E-state index in [-0.39, 0.29) is 16.7 Å². The maximum Gasteiger partial charge on any atom is 0.233 e. The molecular formula is C11H19N3O2S. The van der Waals surface area contributed by atoms with Crippen LogP contribution >= 0.6 is 11.8 Å². The summed E-state index contributed by atoms with van der Waals surface area (Å²) < 4.78 is 10.7. The van der Waals surface area contributed by atoms with Crippen LogP contribution in [0.3, 0.4) is 0 Å². The van der Waals surface area contributed by atoms with Gasteiger partial charge in [0.05, 0.1) is 24.9 Å². The van der Waals surface area contributed by atoms with Crippen LogP contribution in [0, 0.1) is 0 Å². The molecule has 0 saturated carbocycles. The first-order valence-corrected chi connectivity index (χ1v) is 6.74. The molecule has 1 fully saturated rings. The lowest BCUT2D eigenvalue weighted by Crippen LogP contribution is -2.27. The van der Waals surface area contributed by atoms with Crippen molar-refractivity contribution in [2.45, 2.75) is 43.2 Å². The standard InChI is InChI=1S/C11H19N3O2S/c1-11(2,3)17-6-9-13-10(16-14-9)7-4-15-5-8(7)12/h7-8H,4-6,12H2,1-3H3. The first-order chi connectivity index (χ1) is 7.96. The summed E-state index contributed by atoms with van der Waals surface area (Å²) in [5.41, 5.74) is 5.91. The number of ether oxygens (including phenoxy) is 1. The quantitative estimate of drug-likeness (QED) is 0.885. The first kappa shape index (κ1) is 12.9. The Bertz CT molecular complexity index is 375. The zero-order valence-electron chi connectivity index (χ0n) is 10.5. The Morgan fingerprint density at radius 2 is 2.18 bits per heavy atom. The molecule has 96 valence electrons. The lowest BCUT2D eigenvalue weighted by molar-refractivity contribution is 0.187. The van der Waals surface area contributed by atoms with E-state index in [1.807, 2.05) is 0 Å². The van der Waals surface area contributed by atoms with E-state index in [1.165, 1.54) is 0 Å². The second kappa shape index (κ2) is 4.96. The van der Waals surface area contributed by atoms with E-state index in [1.54, 1.807) is 11.8 Å². The van der Waals surface area contributed by atoms with Crippen molar-refractivity contribution in [3.8, 4) is 0 Å². The molecule has 2 unspecified atom stereocenters. The zero-order valence-corrected chi connectivity index (χ0v) is 11.3. The fourth-order valence-corrected chi connectivity index (χ4v) is 2.26. The van der Waals surface area contributed by atoms with Gasteiger partial charge in [0, 0.05) is 10.8 Å². The van der Waals surface area contributed by atoms with Gasteiger partial charge in [-0.3, -0.25) is 0 Å². The van der Waals surface area contributed by atoms with Crippen LogP contribution in [0.1, 0.15) is 38.4 Å². The van der Waals surface area contributed by atoms with E-state index in [0.29, 0.717) is 19.1 Å². The Labute approximate surface area is 105 Å². The van der Waals surface area contributed by atoms with Crippen molar-refractivity contribution in [3.63, 3.8) is 0 Å². The fraction of sp³-hybridized carbons (Fsp3) is 0.818. The topological polar surface area (TPSA) is 74.2 Å². The van der Waals surface area contributed by atoms with Crippen LogP contribution in [-0.4, -0.2) is 34.1 Å². The molecule has 1 aliphatic rings. The summed E-state index contributed by atoms with van der Waals surface area (Å²) in [6.07, 6.45) is 0. The van der Waals surface area contributed by atoms with E-state index in [2.05, 4.69) is 30.9 Å². The Morgan fingerprint density at radius 1 is 1.41 bits per heavy atom. The number of hydrogen-bond acceptors (Lipinski definition) is 6. The molecule has 1 saturated heterocycles. The van der Waals surface area contributed by atoms with Gasteiger partial charge in [-0.2, -0.15) is 4.98 Å². The third kappa shape index (κ3) is 3.43. The maximum atomic E-state index is 5.91. The molecule has 0 aromatic carbocycles. The van der Waals surface area contributed by atoms with Crippen molar-refractivity contribution < 1.29 is 9.26 Å². The Morgan fingerprint density at radius 3 is 2.76 bits per heavy atom. The van der Waals surface area contributed by atoms with E-state index in [9.17, 15) is 0 Å². The van der Waals surface area contributed by atoms with Gasteiger partial charge in [0.25, 0.3) is 0 Å². The Balaban J connectivity index is 1.96. The molecule has 2 heterocycles. The molecule has 2 N–H and O–H groups in total. The lowest BCUT2D eigenvalue weighted by atomic mass is 10.1. The van der Waals surface area contributed by atoms with Crippen molar-refractivity contribution >= 4 is 11.8 Å². The molecule has 5 nitrogen and oxygen atoms in total. The molecule has 0 bridgehead atoms. The van der Waals surface area contributed by atoms with Crippen LogP contribution < -0.4 is 5.73 Å². The molecule has 2 rings (SSSR count). The molecule has 2 atom stereocenters. The summed E-state index contributed by atoms with van der Waals surface area (Å²) in [4.78, 5) is 4.39. The van der Waals surface area contributed by atoms with Crippen molar-refractivity contribution in [1.82, 2.24) is 10.1 Å². The fourth-order valence-electron chi connectivity index (χ4n) is 1.58. The second-order valence-electron chi connectivity index (χ2n) is 5.26. The normalized spacial score (nSPS) is 25.4. The summed E-state index contributed by atoms with van der Waals surface area (Å²) in [5.74, 6) is 2.16. The molecule has 1 aliphatic heterocycles. The van der Waals surface area contributed by atoms with E-state index in [4.69, 9.17) is 15.0 Å². The molecule has 1 aromatic heterocycles. The van der Waals surface area contributed by atoms with Crippen LogP contribution in [0.25, 0.3) is 0 Å². The van der Waals surface area contributed by atoms with Gasteiger partial charge in [-0.05, 0) is 0 Å². The minimum Gasteiger partial charge on any atom is -0.379 e. The third-order valence-electron chi connectivity index (χ3n) is 2.56. The summed E-state index contributed by atoms with van der Waals surface area (Å²) in [5, 5.41) is 3.98. The van der Waals surface area contributed by atoms with E-state index < -0.39 is 0 Å². The van der Waals surface area contributed by atoms with Crippen molar-refractivity contribution in [2.24, 2.45) is 5.73 Å². The number of aromatic nitrogens is 2. The van der Waals surface area contributed by atoms with Crippen molar-refractivity contribution in [1.29, 1.82) is 0 Å². The monoisotopic (exact) mass is 257 g/mol. The second-order valence-corrected chi connectivity index (χ2v) is 7.06. The van der Waals surface area contributed by atoms with Crippen molar-refractivity contribution in [2.75, 3.05) is 13.2 Å². The molecule has 1 aromatic rings. The van der Waals surface area contributed by atoms with Gasteiger partial charge in [-0.1, -0.05) is 25.9 Å². The van der Waals surface area contributed by atoms with Crippen LogP contribution in [0.15, 0.2) is 4.52 Å². The van der Waals surface area contributed by atoms with Gasteiger partial charge in [-0.25, -0.2) is 0 Å². The van der Waals surface area contributed by atoms with Gasteiger partial charge in [0.2, 0.25) is 5.89 Å². The Hall–Kier alpha value is -0.590. The summed E-state index contributed by atoms with van der Waals surface area (Å²) >= 11 is 1.80. The molecular weight excluding hydrogens is 238 g/mol. The summed E-state index contributed by atoms with van der Waals surface area (Å²) in [7, 11) is 0. The van der Waals surface area contributed by atoms with Crippen LogP contribution in [-0.2, 0) is 10.5 Å². The predicted octanol–water partition coefficient (Wildman–Crippen LogP) is 1.54. The first-order valence-electron chi connectivity index (χ1n) is 5.75. The van der Waals surface area contributed by atoms with Crippen molar-refractivity contribution in [3.05, 3.63) is 11.7 Å². The number of rotatable bonds is 3. The molecule has 6 heteroatoms. The molecule has 0 radical (unpaired) electrons. The summed E-state index contributed by atoms with van der Waals surface area (Å²) in [6.45, 7) is 7.65. The number of nitrogens with zero attached hydrogens (tertiary/aromatic N) is 2. The average molecular weight is 257 g/mol. The largest absolute Gasteiger partial charge is 0.379 e. The number of thioether (sulfide) groups is 1. The number of hydrogen-bond donors (Lipinski definition) is 1. The van der Waals surface area contributed by atoms with Crippen LogP contribution in [0.5, 0.6) is 0 Å². The van der Waals surface area contributed by atoms with Crippen LogP contribution in [0.2, 0.25) is 0 Å². The minimum absolute atomic E-state index is 0.0291. The molecule has 0 amide bonds. The average Bonchev–Trinajstić information content (AvgIpc) is 2.81. The Kier molecular flexibility index (Phi) is 3.75. The third-order valence-corrected chi connectivity index (χ3v) is 3.83. The van der Waals surface area contributed by atoms with E-state index in [0.717, 1.165) is 11.6 Å². The number of nitrogens with two attached hydrogens (primary N) is 1. The van der Waals surface area contributed by atoms with Gasteiger partial charge in [0.1, 0.15) is 0 Å². The van der Waals surface area contributed by atoms with Gasteiger partial charge in [0.15, 0.2) is 5.82 Å². The highest BCUT2D eigenvalue weighted by Crippen LogP contribution is 2.28. The lowest BCUT2D eigenvalue weighted by Gasteiger charge is -2.15. The van der Waals surface area contributed by atoms with Crippen LogP contribution in [0.4, 0.5) is 0 Å². The minimum atomic E-state index is -0.0291. The highest BCUT2D eigenvalue weighted by atomic mass is 32.2. The summed E-state index contributed by atoms with van der Waals surface area (Å²) in [6, 6.07) is -0.0291. The van der Waals surface area contributed by atoms with Gasteiger partial charge >= 0.3 is 0 Å². The van der Waals surface area contributed by atoms with Gasteiger partial charge in [-0.15, -0.1) is 11.8 Å². The highest BCUT2D eigenvalue weighted by molar-refractivity contribution is 7.99. The predicted molar refractivity (Wildman–Crippen MR) is 66.9 cm³/mol. The SMILES string of the molecule is CC(C)(C)SCc1noc(C2COCC2N)n1. The molecule has 0 spiro atoms. The van der Waals surface area contributed by atoms with E-state index >= 15 is 0 Å². The highest BCUT2D eigenvalue weighted by Gasteiger charge is 2.31. The maximum absolute atomic E-state index is 5.91. The molecule has 17 heavy (non-hydrogen) atoms. The zero-order chi connectivity index (χ0) is 12.5. The van der Waals surface area contributed by atoms with Gasteiger partial charge < -0.3 is 15.0 Å². The molecule has 0 aliphatic carbocycles. The smallest absolute Gasteiger partial charge is 0.233 e.